The van der Waals surface area contributed by atoms with Crippen molar-refractivity contribution in [3.8, 4) is 0 Å². The lowest BCUT2D eigenvalue weighted by Gasteiger charge is -2.21. The van der Waals surface area contributed by atoms with Gasteiger partial charge in [0.15, 0.2) is 5.52 Å². The van der Waals surface area contributed by atoms with E-state index in [1.807, 2.05) is 0 Å². The molecule has 0 aliphatic carbocycles. The Hall–Kier alpha value is -1.95. The molecule has 3 rings (SSSR count). The highest BCUT2D eigenvalue weighted by Gasteiger charge is 2.18. The van der Waals surface area contributed by atoms with Crippen LogP contribution in [-0.2, 0) is 9.53 Å². The van der Waals surface area contributed by atoms with Crippen molar-refractivity contribution in [1.82, 2.24) is 10.3 Å². The van der Waals surface area contributed by atoms with E-state index >= 15 is 0 Å². The molecule has 2 aromatic rings. The fourth-order valence-corrected chi connectivity index (χ4v) is 2.28. The van der Waals surface area contributed by atoms with Crippen LogP contribution < -0.4 is 5.32 Å². The maximum atomic E-state index is 12.0. The van der Waals surface area contributed by atoms with Gasteiger partial charge in [-0.15, -0.1) is 0 Å². The Labute approximate surface area is 110 Å². The minimum absolute atomic E-state index is 0.0309. The van der Waals surface area contributed by atoms with Crippen LogP contribution in [0.5, 0.6) is 0 Å². The van der Waals surface area contributed by atoms with Crippen LogP contribution in [0.1, 0.15) is 25.7 Å². The van der Waals surface area contributed by atoms with Gasteiger partial charge in [0.05, 0.1) is 18.2 Å². The zero-order chi connectivity index (χ0) is 13.1. The number of rotatable bonds is 3. The molecule has 0 bridgehead atoms. The van der Waals surface area contributed by atoms with Gasteiger partial charge in [0.25, 0.3) is 0 Å². The first-order chi connectivity index (χ1) is 9.33. The van der Waals surface area contributed by atoms with Gasteiger partial charge in [0.2, 0.25) is 5.91 Å². The number of anilines is 1. The molecule has 2 heterocycles. The number of nitrogens with zero attached hydrogens (tertiary/aromatic N) is 2. The standard InChI is InChI=1S/C13H15N3O3/c17-12(8-9-4-1-2-7-18-9)14-10-5-3-6-11-13(10)16-19-15-11/h3,5-6,9H,1-2,4,7-8H2,(H,14,17)/t9-/m0/s1. The highest BCUT2D eigenvalue weighted by molar-refractivity contribution is 5.99. The minimum Gasteiger partial charge on any atom is -0.378 e. The van der Waals surface area contributed by atoms with E-state index in [1.54, 1.807) is 18.2 Å². The van der Waals surface area contributed by atoms with Gasteiger partial charge in [0.1, 0.15) is 5.52 Å². The summed E-state index contributed by atoms with van der Waals surface area (Å²) in [5.41, 5.74) is 1.83. The van der Waals surface area contributed by atoms with Gasteiger partial charge in [-0.1, -0.05) is 6.07 Å². The molecule has 1 atom stereocenters. The second-order valence-electron chi connectivity index (χ2n) is 4.68. The molecule has 0 saturated carbocycles. The minimum atomic E-state index is -0.0672. The Morgan fingerprint density at radius 3 is 3.16 bits per heavy atom. The second kappa shape index (κ2) is 5.36. The van der Waals surface area contributed by atoms with Gasteiger partial charge in [-0.3, -0.25) is 4.79 Å². The number of carbonyl (C=O) groups is 1. The van der Waals surface area contributed by atoms with Crippen LogP contribution in [0.4, 0.5) is 5.69 Å². The average molecular weight is 261 g/mol. The first-order valence-electron chi connectivity index (χ1n) is 6.45. The third-order valence-electron chi connectivity index (χ3n) is 3.25. The van der Waals surface area contributed by atoms with Gasteiger partial charge in [-0.25, -0.2) is 4.63 Å². The number of ether oxygens (including phenoxy) is 1. The number of benzene rings is 1. The van der Waals surface area contributed by atoms with Crippen LogP contribution in [0.25, 0.3) is 11.0 Å². The maximum Gasteiger partial charge on any atom is 0.227 e. The van der Waals surface area contributed by atoms with Crippen molar-refractivity contribution in [2.24, 2.45) is 0 Å². The van der Waals surface area contributed by atoms with Gasteiger partial charge in [-0.05, 0) is 41.7 Å². The summed E-state index contributed by atoms with van der Waals surface area (Å²) in [6, 6.07) is 5.37. The number of hydrogen-bond acceptors (Lipinski definition) is 5. The predicted molar refractivity (Wildman–Crippen MR) is 68.6 cm³/mol. The molecule has 19 heavy (non-hydrogen) atoms. The number of carbonyl (C=O) groups excluding carboxylic acids is 1. The van der Waals surface area contributed by atoms with E-state index in [0.29, 0.717) is 23.1 Å². The normalized spacial score (nSPS) is 19.5. The largest absolute Gasteiger partial charge is 0.378 e. The first kappa shape index (κ1) is 12.1. The Kier molecular flexibility index (Phi) is 3.41. The van der Waals surface area contributed by atoms with E-state index in [0.717, 1.165) is 25.9 Å². The van der Waals surface area contributed by atoms with Crippen molar-refractivity contribution < 1.29 is 14.2 Å². The molecule has 0 radical (unpaired) electrons. The van der Waals surface area contributed by atoms with Gasteiger partial charge >= 0.3 is 0 Å². The lowest BCUT2D eigenvalue weighted by molar-refractivity contribution is -0.119. The van der Waals surface area contributed by atoms with E-state index in [4.69, 9.17) is 4.74 Å². The third-order valence-corrected chi connectivity index (χ3v) is 3.25. The van der Waals surface area contributed by atoms with Crippen LogP contribution in [0, 0.1) is 0 Å². The summed E-state index contributed by atoms with van der Waals surface area (Å²) in [5.74, 6) is -0.0672. The monoisotopic (exact) mass is 261 g/mol. The van der Waals surface area contributed by atoms with Gasteiger partial charge < -0.3 is 10.1 Å². The fraction of sp³-hybridized carbons (Fsp3) is 0.462. The molecule has 1 N–H and O–H groups in total. The van der Waals surface area contributed by atoms with Crippen molar-refractivity contribution in [1.29, 1.82) is 0 Å². The zero-order valence-corrected chi connectivity index (χ0v) is 10.5. The van der Waals surface area contributed by atoms with Gasteiger partial charge in [-0.2, -0.15) is 0 Å². The molecule has 1 aromatic carbocycles. The average Bonchev–Trinajstić information content (AvgIpc) is 2.89. The molecule has 0 unspecified atom stereocenters. The third kappa shape index (κ3) is 2.73. The Balaban J connectivity index is 1.67. The molecule has 100 valence electrons. The Morgan fingerprint density at radius 2 is 2.32 bits per heavy atom. The molecule has 1 fully saturated rings. The summed E-state index contributed by atoms with van der Waals surface area (Å²) in [5, 5.41) is 10.4. The molecule has 1 aromatic heterocycles. The molecular weight excluding hydrogens is 246 g/mol. The number of aromatic nitrogens is 2. The highest BCUT2D eigenvalue weighted by Crippen LogP contribution is 2.21. The summed E-state index contributed by atoms with van der Waals surface area (Å²) in [4.78, 5) is 12.0. The molecule has 0 spiro atoms. The molecule has 1 amide bonds. The van der Waals surface area contributed by atoms with E-state index in [1.165, 1.54) is 0 Å². The van der Waals surface area contributed by atoms with E-state index in [2.05, 4.69) is 20.3 Å². The molecular formula is C13H15N3O3. The van der Waals surface area contributed by atoms with Crippen LogP contribution in [0.3, 0.4) is 0 Å². The summed E-state index contributed by atoms with van der Waals surface area (Å²) in [6.45, 7) is 0.751. The lowest BCUT2D eigenvalue weighted by Crippen LogP contribution is -2.25. The zero-order valence-electron chi connectivity index (χ0n) is 10.5. The number of hydrogen-bond donors (Lipinski definition) is 1. The highest BCUT2D eigenvalue weighted by atomic mass is 16.6. The number of nitrogens with one attached hydrogen (secondary N) is 1. The summed E-state index contributed by atoms with van der Waals surface area (Å²) in [7, 11) is 0. The van der Waals surface area contributed by atoms with Crippen molar-refractivity contribution in [2.45, 2.75) is 31.8 Å². The van der Waals surface area contributed by atoms with Crippen LogP contribution in [0.15, 0.2) is 22.8 Å². The number of amides is 1. The summed E-state index contributed by atoms with van der Waals surface area (Å²) >= 11 is 0. The van der Waals surface area contributed by atoms with Crippen molar-refractivity contribution in [2.75, 3.05) is 11.9 Å². The lowest BCUT2D eigenvalue weighted by atomic mass is 10.1. The number of fused-ring (bicyclic) bond motifs is 1. The quantitative estimate of drug-likeness (QED) is 0.915. The summed E-state index contributed by atoms with van der Waals surface area (Å²) < 4.78 is 10.2. The molecule has 6 heteroatoms. The Morgan fingerprint density at radius 1 is 1.37 bits per heavy atom. The summed E-state index contributed by atoms with van der Waals surface area (Å²) in [6.07, 6.45) is 3.57. The van der Waals surface area contributed by atoms with E-state index in [9.17, 15) is 4.79 Å². The predicted octanol–water partition coefficient (Wildman–Crippen LogP) is 2.12. The van der Waals surface area contributed by atoms with Crippen LogP contribution in [0.2, 0.25) is 0 Å². The SMILES string of the molecule is O=C(C[C@@H]1CCCCO1)Nc1cccc2nonc12. The Bertz CT molecular complexity index is 575. The first-order valence-corrected chi connectivity index (χ1v) is 6.45. The molecule has 1 aliphatic heterocycles. The molecule has 6 nitrogen and oxygen atoms in total. The van der Waals surface area contributed by atoms with Crippen molar-refractivity contribution >= 4 is 22.6 Å². The van der Waals surface area contributed by atoms with E-state index in [-0.39, 0.29) is 12.0 Å². The van der Waals surface area contributed by atoms with E-state index < -0.39 is 0 Å². The maximum absolute atomic E-state index is 12.0. The van der Waals surface area contributed by atoms with Gasteiger partial charge in [0, 0.05) is 6.61 Å². The van der Waals surface area contributed by atoms with Crippen LogP contribution in [-0.4, -0.2) is 28.9 Å². The molecule has 1 saturated heterocycles. The van der Waals surface area contributed by atoms with Crippen LogP contribution >= 0.6 is 0 Å². The second-order valence-corrected chi connectivity index (χ2v) is 4.68. The topological polar surface area (TPSA) is 77.2 Å². The van der Waals surface area contributed by atoms with Crippen molar-refractivity contribution in [3.63, 3.8) is 0 Å². The molecule has 1 aliphatic rings. The fourth-order valence-electron chi connectivity index (χ4n) is 2.28. The van der Waals surface area contributed by atoms with Crippen molar-refractivity contribution in [3.05, 3.63) is 18.2 Å². The smallest absolute Gasteiger partial charge is 0.227 e.